The molecule has 3 N–H and O–H groups in total. The topological polar surface area (TPSA) is 38.0 Å². The second kappa shape index (κ2) is 4.82. The third kappa shape index (κ3) is 2.62. The van der Waals surface area contributed by atoms with Gasteiger partial charge in [-0.3, -0.25) is 0 Å². The number of benzene rings is 1. The van der Waals surface area contributed by atoms with Crippen LogP contribution in [0.4, 0.5) is 5.69 Å². The van der Waals surface area contributed by atoms with Crippen LogP contribution in [-0.2, 0) is 0 Å². The number of nitrogens with one attached hydrogen (secondary N) is 1. The molecule has 0 saturated heterocycles. The quantitative estimate of drug-likeness (QED) is 0.868. The van der Waals surface area contributed by atoms with Gasteiger partial charge in [0.1, 0.15) is 0 Å². The van der Waals surface area contributed by atoms with E-state index < -0.39 is 0 Å². The Morgan fingerprint density at radius 1 is 1.19 bits per heavy atom. The summed E-state index contributed by atoms with van der Waals surface area (Å²) in [4.78, 5) is 0. The largest absolute Gasteiger partial charge is 0.384 e. The lowest BCUT2D eigenvalue weighted by molar-refractivity contribution is 0.163. The Morgan fingerprint density at radius 2 is 1.81 bits per heavy atom. The van der Waals surface area contributed by atoms with E-state index in [-0.39, 0.29) is 5.41 Å². The van der Waals surface area contributed by atoms with Gasteiger partial charge in [-0.1, -0.05) is 29.6 Å². The van der Waals surface area contributed by atoms with Crippen molar-refractivity contribution in [1.82, 2.24) is 0 Å². The summed E-state index contributed by atoms with van der Waals surface area (Å²) in [5.41, 5.74) is 7.06. The lowest BCUT2D eigenvalue weighted by atomic mass is 9.69. The van der Waals surface area contributed by atoms with Crippen LogP contribution in [-0.4, -0.2) is 13.1 Å². The average Bonchev–Trinajstić information content (AvgIpc) is 2.15. The van der Waals surface area contributed by atoms with E-state index in [2.05, 4.69) is 5.32 Å². The molecule has 0 aromatic heterocycles. The van der Waals surface area contributed by atoms with Gasteiger partial charge in [0, 0.05) is 22.3 Å². The van der Waals surface area contributed by atoms with E-state index in [4.69, 9.17) is 28.9 Å². The van der Waals surface area contributed by atoms with Crippen LogP contribution in [0.3, 0.4) is 0 Å². The van der Waals surface area contributed by atoms with Gasteiger partial charge in [-0.25, -0.2) is 0 Å². The SMILES string of the molecule is NCC1(CNc2cc(Cl)cc(Cl)c2)CCC1. The summed E-state index contributed by atoms with van der Waals surface area (Å²) in [5.74, 6) is 0. The fourth-order valence-electron chi connectivity index (χ4n) is 2.08. The summed E-state index contributed by atoms with van der Waals surface area (Å²) in [6.45, 7) is 1.65. The number of hydrogen-bond donors (Lipinski definition) is 2. The van der Waals surface area contributed by atoms with E-state index in [1.54, 1.807) is 6.07 Å². The zero-order valence-corrected chi connectivity index (χ0v) is 10.6. The molecule has 1 aromatic rings. The molecule has 16 heavy (non-hydrogen) atoms. The van der Waals surface area contributed by atoms with E-state index in [9.17, 15) is 0 Å². The highest BCUT2D eigenvalue weighted by Crippen LogP contribution is 2.40. The van der Waals surface area contributed by atoms with Gasteiger partial charge in [0.2, 0.25) is 0 Å². The highest BCUT2D eigenvalue weighted by atomic mass is 35.5. The third-order valence-electron chi connectivity index (χ3n) is 3.38. The first-order valence-corrected chi connectivity index (χ1v) is 6.29. The first-order chi connectivity index (χ1) is 7.63. The Bertz CT molecular complexity index is 350. The number of halogens is 2. The zero-order chi connectivity index (χ0) is 11.6. The van der Waals surface area contributed by atoms with Crippen LogP contribution >= 0.6 is 23.2 Å². The lowest BCUT2D eigenvalue weighted by Gasteiger charge is -2.41. The first kappa shape index (κ1) is 12.0. The summed E-state index contributed by atoms with van der Waals surface area (Å²) in [5, 5.41) is 4.69. The van der Waals surface area contributed by atoms with Crippen LogP contribution in [0.25, 0.3) is 0 Å². The summed E-state index contributed by atoms with van der Waals surface area (Å²) >= 11 is 11.9. The molecule has 0 atom stereocenters. The van der Waals surface area contributed by atoms with Crippen molar-refractivity contribution in [1.29, 1.82) is 0 Å². The van der Waals surface area contributed by atoms with Crippen molar-refractivity contribution in [2.45, 2.75) is 19.3 Å². The smallest absolute Gasteiger partial charge is 0.0441 e. The average molecular weight is 259 g/mol. The lowest BCUT2D eigenvalue weighted by Crippen LogP contribution is -2.42. The molecule has 1 aromatic carbocycles. The molecule has 0 spiro atoms. The normalized spacial score (nSPS) is 17.9. The van der Waals surface area contributed by atoms with Gasteiger partial charge in [-0.15, -0.1) is 0 Å². The van der Waals surface area contributed by atoms with Crippen LogP contribution in [0, 0.1) is 5.41 Å². The predicted octanol–water partition coefficient (Wildman–Crippen LogP) is 3.53. The monoisotopic (exact) mass is 258 g/mol. The molecule has 0 bridgehead atoms. The predicted molar refractivity (Wildman–Crippen MR) is 70.3 cm³/mol. The zero-order valence-electron chi connectivity index (χ0n) is 9.10. The van der Waals surface area contributed by atoms with E-state index in [1.165, 1.54) is 19.3 Å². The minimum Gasteiger partial charge on any atom is -0.384 e. The van der Waals surface area contributed by atoms with Gasteiger partial charge >= 0.3 is 0 Å². The Labute approximate surface area is 106 Å². The summed E-state index contributed by atoms with van der Waals surface area (Å²) in [6, 6.07) is 5.50. The molecule has 0 unspecified atom stereocenters. The highest BCUT2D eigenvalue weighted by molar-refractivity contribution is 6.35. The maximum absolute atomic E-state index is 5.93. The molecule has 1 saturated carbocycles. The summed E-state index contributed by atoms with van der Waals surface area (Å²) < 4.78 is 0. The van der Waals surface area contributed by atoms with Crippen LogP contribution in [0.2, 0.25) is 10.0 Å². The molecule has 2 nitrogen and oxygen atoms in total. The van der Waals surface area contributed by atoms with Gasteiger partial charge in [0.25, 0.3) is 0 Å². The van der Waals surface area contributed by atoms with Crippen molar-refractivity contribution in [3.8, 4) is 0 Å². The van der Waals surface area contributed by atoms with Crippen LogP contribution in [0.15, 0.2) is 18.2 Å². The van der Waals surface area contributed by atoms with Crippen molar-refractivity contribution in [2.24, 2.45) is 11.1 Å². The van der Waals surface area contributed by atoms with Crippen molar-refractivity contribution in [2.75, 3.05) is 18.4 Å². The van der Waals surface area contributed by atoms with Crippen LogP contribution < -0.4 is 11.1 Å². The Balaban J connectivity index is 1.98. The molecule has 0 aliphatic heterocycles. The molecule has 2 rings (SSSR count). The van der Waals surface area contributed by atoms with Gasteiger partial charge < -0.3 is 11.1 Å². The molecule has 4 heteroatoms. The molecule has 1 aliphatic rings. The number of anilines is 1. The molecule has 0 radical (unpaired) electrons. The Hall–Kier alpha value is -0.440. The van der Waals surface area contributed by atoms with Gasteiger partial charge in [-0.2, -0.15) is 0 Å². The highest BCUT2D eigenvalue weighted by Gasteiger charge is 2.35. The van der Waals surface area contributed by atoms with Gasteiger partial charge in [-0.05, 0) is 43.0 Å². The van der Waals surface area contributed by atoms with Gasteiger partial charge in [0.05, 0.1) is 0 Å². The van der Waals surface area contributed by atoms with E-state index in [0.717, 1.165) is 18.8 Å². The molecule has 88 valence electrons. The fraction of sp³-hybridized carbons (Fsp3) is 0.500. The summed E-state index contributed by atoms with van der Waals surface area (Å²) in [7, 11) is 0. The van der Waals surface area contributed by atoms with E-state index >= 15 is 0 Å². The standard InChI is InChI=1S/C12H16Cl2N2/c13-9-4-10(14)6-11(5-9)16-8-12(7-15)2-1-3-12/h4-6,16H,1-3,7-8,15H2. The van der Waals surface area contributed by atoms with Gasteiger partial charge in [0.15, 0.2) is 0 Å². The van der Waals surface area contributed by atoms with Crippen molar-refractivity contribution < 1.29 is 0 Å². The maximum atomic E-state index is 5.93. The minimum absolute atomic E-state index is 0.287. The molecular formula is C12H16Cl2N2. The van der Waals surface area contributed by atoms with E-state index in [0.29, 0.717) is 10.0 Å². The first-order valence-electron chi connectivity index (χ1n) is 5.54. The second-order valence-electron chi connectivity index (χ2n) is 4.57. The Kier molecular flexibility index (Phi) is 3.63. The fourth-order valence-corrected chi connectivity index (χ4v) is 2.60. The second-order valence-corrected chi connectivity index (χ2v) is 5.44. The molecular weight excluding hydrogens is 243 g/mol. The summed E-state index contributed by atoms with van der Waals surface area (Å²) in [6.07, 6.45) is 3.71. The van der Waals surface area contributed by atoms with Crippen molar-refractivity contribution in [3.05, 3.63) is 28.2 Å². The van der Waals surface area contributed by atoms with Crippen molar-refractivity contribution >= 4 is 28.9 Å². The minimum atomic E-state index is 0.287. The number of hydrogen-bond acceptors (Lipinski definition) is 2. The molecule has 0 amide bonds. The third-order valence-corrected chi connectivity index (χ3v) is 3.81. The number of nitrogens with two attached hydrogens (primary N) is 1. The van der Waals surface area contributed by atoms with Crippen molar-refractivity contribution in [3.63, 3.8) is 0 Å². The molecule has 0 heterocycles. The maximum Gasteiger partial charge on any atom is 0.0441 e. The molecule has 1 aliphatic carbocycles. The van der Waals surface area contributed by atoms with Crippen LogP contribution in [0.5, 0.6) is 0 Å². The Morgan fingerprint density at radius 3 is 2.25 bits per heavy atom. The molecule has 1 fully saturated rings. The van der Waals surface area contributed by atoms with Crippen LogP contribution in [0.1, 0.15) is 19.3 Å². The number of rotatable bonds is 4. The van der Waals surface area contributed by atoms with E-state index in [1.807, 2.05) is 12.1 Å².